The van der Waals surface area contributed by atoms with E-state index in [0.717, 1.165) is 32.7 Å². The first kappa shape index (κ1) is 13.3. The van der Waals surface area contributed by atoms with Gasteiger partial charge in [0, 0.05) is 39.3 Å². The first-order valence-electron chi connectivity index (χ1n) is 6.56. The molecule has 1 atom stereocenters. The number of amides is 2. The zero-order valence-corrected chi connectivity index (χ0v) is 11.2. The summed E-state index contributed by atoms with van der Waals surface area (Å²) in [6.45, 7) is 6.83. The minimum atomic E-state index is -0.168. The smallest absolute Gasteiger partial charge is 0.242 e. The molecule has 2 aliphatic rings. The van der Waals surface area contributed by atoms with E-state index in [0.29, 0.717) is 6.54 Å². The van der Waals surface area contributed by atoms with Crippen LogP contribution in [0.25, 0.3) is 0 Å². The van der Waals surface area contributed by atoms with Crippen LogP contribution in [0, 0.1) is 0 Å². The highest BCUT2D eigenvalue weighted by atomic mass is 16.2. The predicted molar refractivity (Wildman–Crippen MR) is 68.1 cm³/mol. The van der Waals surface area contributed by atoms with Gasteiger partial charge in [-0.15, -0.1) is 0 Å². The second-order valence-corrected chi connectivity index (χ2v) is 5.12. The molecule has 2 fully saturated rings. The lowest BCUT2D eigenvalue weighted by atomic mass is 10.2. The first-order valence-corrected chi connectivity index (χ1v) is 6.56. The van der Waals surface area contributed by atoms with Gasteiger partial charge in [0.05, 0.1) is 12.6 Å². The number of nitrogens with zero attached hydrogens (tertiary/aromatic N) is 3. The Hall–Kier alpha value is -1.14. The van der Waals surface area contributed by atoms with Crippen molar-refractivity contribution in [1.82, 2.24) is 20.0 Å². The van der Waals surface area contributed by atoms with E-state index in [-0.39, 0.29) is 24.4 Å². The van der Waals surface area contributed by atoms with Gasteiger partial charge in [-0.2, -0.15) is 0 Å². The summed E-state index contributed by atoms with van der Waals surface area (Å²) in [7, 11) is 2.06. The van der Waals surface area contributed by atoms with Crippen molar-refractivity contribution in [1.29, 1.82) is 0 Å². The fourth-order valence-electron chi connectivity index (χ4n) is 2.36. The summed E-state index contributed by atoms with van der Waals surface area (Å²) in [5.74, 6) is 0.106. The molecule has 0 saturated carbocycles. The third-order valence-corrected chi connectivity index (χ3v) is 3.70. The molecular weight excluding hydrogens is 232 g/mol. The number of hydrogen-bond donors (Lipinski definition) is 1. The summed E-state index contributed by atoms with van der Waals surface area (Å²) in [6, 6.07) is -0.168. The van der Waals surface area contributed by atoms with Gasteiger partial charge in [0.1, 0.15) is 0 Å². The molecule has 0 aromatic carbocycles. The lowest BCUT2D eigenvalue weighted by molar-refractivity contribution is -0.143. The molecule has 0 bridgehead atoms. The van der Waals surface area contributed by atoms with Gasteiger partial charge < -0.3 is 20.0 Å². The van der Waals surface area contributed by atoms with E-state index in [2.05, 4.69) is 17.3 Å². The molecule has 102 valence electrons. The third-order valence-electron chi connectivity index (χ3n) is 3.70. The topological polar surface area (TPSA) is 55.9 Å². The van der Waals surface area contributed by atoms with Crippen LogP contribution in [0.5, 0.6) is 0 Å². The van der Waals surface area contributed by atoms with Crippen LogP contribution in [-0.4, -0.2) is 85.4 Å². The summed E-state index contributed by atoms with van der Waals surface area (Å²) >= 11 is 0. The van der Waals surface area contributed by atoms with Gasteiger partial charge in [-0.25, -0.2) is 0 Å². The Morgan fingerprint density at radius 2 is 1.94 bits per heavy atom. The Bertz CT molecular complexity index is 326. The maximum absolute atomic E-state index is 12.1. The Morgan fingerprint density at radius 3 is 2.61 bits per heavy atom. The van der Waals surface area contributed by atoms with Crippen LogP contribution < -0.4 is 5.32 Å². The minimum Gasteiger partial charge on any atom is -0.339 e. The molecule has 1 unspecified atom stereocenters. The molecule has 0 radical (unpaired) electrons. The van der Waals surface area contributed by atoms with Crippen molar-refractivity contribution < 1.29 is 9.59 Å². The third kappa shape index (κ3) is 3.00. The normalized spacial score (nSPS) is 26.6. The standard InChI is InChI=1S/C12H22N4O2/c1-10-12(18)16(4-3-13-10)9-11(17)15-7-5-14(2)6-8-15/h10,13H,3-9H2,1-2H3. The molecule has 18 heavy (non-hydrogen) atoms. The van der Waals surface area contributed by atoms with Crippen molar-refractivity contribution in [2.75, 3.05) is 52.9 Å². The van der Waals surface area contributed by atoms with E-state index >= 15 is 0 Å². The van der Waals surface area contributed by atoms with E-state index < -0.39 is 0 Å². The van der Waals surface area contributed by atoms with Crippen molar-refractivity contribution >= 4 is 11.8 Å². The summed E-state index contributed by atoms with van der Waals surface area (Å²) in [5, 5.41) is 3.10. The van der Waals surface area contributed by atoms with Gasteiger partial charge in [0.15, 0.2) is 0 Å². The van der Waals surface area contributed by atoms with Crippen molar-refractivity contribution in [3.8, 4) is 0 Å². The maximum Gasteiger partial charge on any atom is 0.242 e. The lowest BCUT2D eigenvalue weighted by Crippen LogP contribution is -2.57. The number of nitrogens with one attached hydrogen (secondary N) is 1. The molecule has 0 aromatic heterocycles. The molecule has 1 N–H and O–H groups in total. The van der Waals surface area contributed by atoms with Gasteiger partial charge in [-0.3, -0.25) is 9.59 Å². The van der Waals surface area contributed by atoms with Gasteiger partial charge in [0.25, 0.3) is 0 Å². The van der Waals surface area contributed by atoms with Crippen molar-refractivity contribution in [3.05, 3.63) is 0 Å². The van der Waals surface area contributed by atoms with E-state index in [9.17, 15) is 9.59 Å². The average molecular weight is 254 g/mol. The molecule has 0 spiro atoms. The monoisotopic (exact) mass is 254 g/mol. The Balaban J connectivity index is 1.85. The highest BCUT2D eigenvalue weighted by Crippen LogP contribution is 2.04. The highest BCUT2D eigenvalue weighted by Gasteiger charge is 2.28. The SMILES string of the molecule is CC1NCCN(CC(=O)N2CCN(C)CC2)C1=O. The highest BCUT2D eigenvalue weighted by molar-refractivity contribution is 5.87. The van der Waals surface area contributed by atoms with E-state index in [1.807, 2.05) is 11.8 Å². The van der Waals surface area contributed by atoms with E-state index in [1.165, 1.54) is 0 Å². The number of likely N-dealkylation sites (N-methyl/N-ethyl adjacent to an activating group) is 1. The van der Waals surface area contributed by atoms with Crippen LogP contribution in [0.3, 0.4) is 0 Å². The number of hydrogen-bond acceptors (Lipinski definition) is 4. The zero-order chi connectivity index (χ0) is 13.1. The number of piperazine rings is 2. The number of rotatable bonds is 2. The molecule has 0 aliphatic carbocycles. The van der Waals surface area contributed by atoms with E-state index in [1.54, 1.807) is 4.90 Å². The van der Waals surface area contributed by atoms with Crippen LogP contribution in [0.15, 0.2) is 0 Å². The van der Waals surface area contributed by atoms with Crippen LogP contribution >= 0.6 is 0 Å². The summed E-state index contributed by atoms with van der Waals surface area (Å²) in [6.07, 6.45) is 0. The second-order valence-electron chi connectivity index (χ2n) is 5.12. The van der Waals surface area contributed by atoms with Crippen LogP contribution in [0.2, 0.25) is 0 Å². The summed E-state index contributed by atoms with van der Waals surface area (Å²) < 4.78 is 0. The quantitative estimate of drug-likeness (QED) is 0.657. The lowest BCUT2D eigenvalue weighted by Gasteiger charge is -2.36. The fourth-order valence-corrected chi connectivity index (χ4v) is 2.36. The molecule has 2 heterocycles. The van der Waals surface area contributed by atoms with Crippen LogP contribution in [0.1, 0.15) is 6.92 Å². The van der Waals surface area contributed by atoms with Crippen molar-refractivity contribution in [2.45, 2.75) is 13.0 Å². The number of carbonyl (C=O) groups excluding carboxylic acids is 2. The minimum absolute atomic E-state index is 0.0312. The Labute approximate surface area is 108 Å². The van der Waals surface area contributed by atoms with Crippen LogP contribution in [0.4, 0.5) is 0 Å². The molecule has 2 aliphatic heterocycles. The molecular formula is C12H22N4O2. The average Bonchev–Trinajstić information content (AvgIpc) is 2.36. The Morgan fingerprint density at radius 1 is 1.28 bits per heavy atom. The molecule has 2 rings (SSSR count). The summed E-state index contributed by atoms with van der Waals surface area (Å²) in [5.41, 5.74) is 0. The summed E-state index contributed by atoms with van der Waals surface area (Å²) in [4.78, 5) is 29.7. The van der Waals surface area contributed by atoms with Gasteiger partial charge in [-0.1, -0.05) is 0 Å². The van der Waals surface area contributed by atoms with Crippen LogP contribution in [-0.2, 0) is 9.59 Å². The second kappa shape index (κ2) is 5.67. The molecule has 0 aromatic rings. The fraction of sp³-hybridized carbons (Fsp3) is 0.833. The van der Waals surface area contributed by atoms with Gasteiger partial charge in [-0.05, 0) is 14.0 Å². The first-order chi connectivity index (χ1) is 8.58. The van der Waals surface area contributed by atoms with Gasteiger partial charge in [0.2, 0.25) is 11.8 Å². The van der Waals surface area contributed by atoms with Gasteiger partial charge >= 0.3 is 0 Å². The molecule has 2 amide bonds. The molecule has 2 saturated heterocycles. The zero-order valence-electron chi connectivity index (χ0n) is 11.2. The molecule has 6 heteroatoms. The maximum atomic E-state index is 12.1. The largest absolute Gasteiger partial charge is 0.339 e. The van der Waals surface area contributed by atoms with Crippen molar-refractivity contribution in [3.63, 3.8) is 0 Å². The predicted octanol–water partition coefficient (Wildman–Crippen LogP) is -1.42. The number of carbonyl (C=O) groups is 2. The van der Waals surface area contributed by atoms with E-state index in [4.69, 9.17) is 0 Å². The van der Waals surface area contributed by atoms with Crippen molar-refractivity contribution in [2.24, 2.45) is 0 Å². The Kier molecular flexibility index (Phi) is 4.19. The molecule has 6 nitrogen and oxygen atoms in total.